The molecule has 1 unspecified atom stereocenters. The Bertz CT molecular complexity index is 424. The van der Waals surface area contributed by atoms with Crippen LogP contribution < -0.4 is 15.8 Å². The average Bonchev–Trinajstić information content (AvgIpc) is 2.41. The number of hydrogen-bond acceptors (Lipinski definition) is 5. The lowest BCUT2D eigenvalue weighted by Crippen LogP contribution is -2.52. The number of anilines is 2. The van der Waals surface area contributed by atoms with Crippen LogP contribution in [0.25, 0.3) is 0 Å². The minimum absolute atomic E-state index is 0.504. The number of likely N-dealkylation sites (N-methyl/N-ethyl adjacent to an activating group) is 2. The van der Waals surface area contributed by atoms with E-state index < -0.39 is 0 Å². The first-order chi connectivity index (χ1) is 9.11. The average molecular weight is 264 g/mol. The van der Waals surface area contributed by atoms with Crippen LogP contribution in [0.1, 0.15) is 0 Å². The maximum Gasteiger partial charge on any atom is 0.143 e. The van der Waals surface area contributed by atoms with Gasteiger partial charge in [0.05, 0.1) is 18.5 Å². The van der Waals surface area contributed by atoms with Gasteiger partial charge in [0.15, 0.2) is 0 Å². The van der Waals surface area contributed by atoms with Crippen molar-refractivity contribution in [2.45, 2.75) is 6.04 Å². The van der Waals surface area contributed by atoms with E-state index >= 15 is 0 Å². The quantitative estimate of drug-likeness (QED) is 0.793. The van der Waals surface area contributed by atoms with Gasteiger partial charge in [-0.05, 0) is 26.2 Å². The van der Waals surface area contributed by atoms with Crippen molar-refractivity contribution in [1.82, 2.24) is 9.80 Å². The first kappa shape index (κ1) is 14.0. The summed E-state index contributed by atoms with van der Waals surface area (Å²) in [6.07, 6.45) is 0. The zero-order valence-corrected chi connectivity index (χ0v) is 12.0. The molecule has 19 heavy (non-hydrogen) atoms. The van der Waals surface area contributed by atoms with E-state index in [9.17, 15) is 0 Å². The van der Waals surface area contributed by atoms with E-state index in [1.165, 1.54) is 0 Å². The van der Waals surface area contributed by atoms with Crippen LogP contribution in [0.15, 0.2) is 18.2 Å². The molecule has 0 saturated carbocycles. The molecule has 1 aromatic rings. The Morgan fingerprint density at radius 3 is 2.89 bits per heavy atom. The van der Waals surface area contributed by atoms with Crippen molar-refractivity contribution in [3.63, 3.8) is 0 Å². The highest BCUT2D eigenvalue weighted by molar-refractivity contribution is 5.72. The van der Waals surface area contributed by atoms with Crippen LogP contribution in [-0.2, 0) is 0 Å². The van der Waals surface area contributed by atoms with Crippen molar-refractivity contribution >= 4 is 11.4 Å². The van der Waals surface area contributed by atoms with Gasteiger partial charge in [0.1, 0.15) is 5.75 Å². The summed E-state index contributed by atoms with van der Waals surface area (Å²) >= 11 is 0. The summed E-state index contributed by atoms with van der Waals surface area (Å²) in [4.78, 5) is 4.75. The molecule has 0 radical (unpaired) electrons. The van der Waals surface area contributed by atoms with Crippen LogP contribution >= 0.6 is 0 Å². The van der Waals surface area contributed by atoms with Gasteiger partial charge in [0, 0.05) is 32.2 Å². The Balaban J connectivity index is 1.98. The van der Waals surface area contributed by atoms with E-state index in [4.69, 9.17) is 10.5 Å². The number of nitrogens with two attached hydrogens (primary N) is 1. The lowest BCUT2D eigenvalue weighted by molar-refractivity contribution is 0.122. The molecule has 2 rings (SSSR count). The normalized spacial score (nSPS) is 21.3. The number of rotatable bonds is 4. The van der Waals surface area contributed by atoms with Crippen LogP contribution in [0, 0.1) is 0 Å². The predicted octanol–water partition coefficient (Wildman–Crippen LogP) is 0.935. The van der Waals surface area contributed by atoms with Gasteiger partial charge in [-0.15, -0.1) is 0 Å². The molecule has 1 atom stereocenters. The number of nitrogens with zero attached hydrogens (tertiary/aromatic N) is 2. The molecule has 106 valence electrons. The minimum atomic E-state index is 0.504. The molecule has 1 aliphatic heterocycles. The maximum atomic E-state index is 6.06. The predicted molar refractivity (Wildman–Crippen MR) is 79.8 cm³/mol. The fraction of sp³-hybridized carbons (Fsp3) is 0.571. The molecule has 3 N–H and O–H groups in total. The lowest BCUT2D eigenvalue weighted by Gasteiger charge is -2.38. The number of para-hydroxylation sites is 1. The molecular weight excluding hydrogens is 240 g/mol. The summed E-state index contributed by atoms with van der Waals surface area (Å²) in [6, 6.07) is 6.32. The number of benzene rings is 1. The van der Waals surface area contributed by atoms with Crippen LogP contribution in [0.4, 0.5) is 11.4 Å². The standard InChI is InChI=1S/C14H24N4O/c1-17-7-8-18(2)11(10-17)9-16-12-5-4-6-13(19-3)14(12)15/h4-6,11,16H,7-10,15H2,1-3H3. The summed E-state index contributed by atoms with van der Waals surface area (Å²) in [5.74, 6) is 0.721. The zero-order chi connectivity index (χ0) is 13.8. The Labute approximate surface area is 115 Å². The highest BCUT2D eigenvalue weighted by atomic mass is 16.5. The summed E-state index contributed by atoms with van der Waals surface area (Å²) in [5.41, 5.74) is 7.68. The Kier molecular flexibility index (Phi) is 4.50. The summed E-state index contributed by atoms with van der Waals surface area (Å²) in [6.45, 7) is 4.20. The number of piperazine rings is 1. The van der Waals surface area contributed by atoms with Crippen molar-refractivity contribution in [2.75, 3.05) is 58.4 Å². The molecule has 5 heteroatoms. The van der Waals surface area contributed by atoms with Crippen LogP contribution in [0.3, 0.4) is 0 Å². The molecule has 0 aromatic heterocycles. The minimum Gasteiger partial charge on any atom is -0.495 e. The van der Waals surface area contributed by atoms with Gasteiger partial charge in [-0.1, -0.05) is 6.07 Å². The van der Waals surface area contributed by atoms with Gasteiger partial charge >= 0.3 is 0 Å². The van der Waals surface area contributed by atoms with Crippen molar-refractivity contribution in [2.24, 2.45) is 0 Å². The fourth-order valence-corrected chi connectivity index (χ4v) is 2.43. The van der Waals surface area contributed by atoms with E-state index in [1.54, 1.807) is 7.11 Å². The van der Waals surface area contributed by atoms with Crippen LogP contribution in [0.2, 0.25) is 0 Å². The number of nitrogens with one attached hydrogen (secondary N) is 1. The lowest BCUT2D eigenvalue weighted by atomic mass is 10.1. The molecule has 1 aliphatic rings. The second-order valence-corrected chi connectivity index (χ2v) is 5.20. The van der Waals surface area contributed by atoms with E-state index in [-0.39, 0.29) is 0 Å². The third kappa shape index (κ3) is 3.30. The monoisotopic (exact) mass is 264 g/mol. The van der Waals surface area contributed by atoms with Gasteiger partial charge in [0.2, 0.25) is 0 Å². The molecule has 1 aromatic carbocycles. The second kappa shape index (κ2) is 6.12. The fourth-order valence-electron chi connectivity index (χ4n) is 2.43. The molecular formula is C14H24N4O. The van der Waals surface area contributed by atoms with Crippen molar-refractivity contribution in [3.05, 3.63) is 18.2 Å². The number of methoxy groups -OCH3 is 1. The van der Waals surface area contributed by atoms with Gasteiger partial charge in [-0.25, -0.2) is 0 Å². The summed E-state index contributed by atoms with van der Waals surface area (Å²) < 4.78 is 5.23. The highest BCUT2D eigenvalue weighted by Crippen LogP contribution is 2.28. The first-order valence-corrected chi connectivity index (χ1v) is 6.67. The largest absolute Gasteiger partial charge is 0.495 e. The van der Waals surface area contributed by atoms with Gasteiger partial charge in [0.25, 0.3) is 0 Å². The highest BCUT2D eigenvalue weighted by Gasteiger charge is 2.21. The molecule has 0 bridgehead atoms. The molecule has 1 saturated heterocycles. The van der Waals surface area contributed by atoms with Gasteiger partial charge in [-0.2, -0.15) is 0 Å². The molecule has 0 aliphatic carbocycles. The van der Waals surface area contributed by atoms with E-state index in [0.717, 1.165) is 37.6 Å². The maximum absolute atomic E-state index is 6.06. The zero-order valence-electron chi connectivity index (χ0n) is 12.0. The third-order valence-electron chi connectivity index (χ3n) is 3.79. The summed E-state index contributed by atoms with van der Waals surface area (Å²) in [7, 11) is 5.98. The number of hydrogen-bond donors (Lipinski definition) is 2. The topological polar surface area (TPSA) is 53.8 Å². The van der Waals surface area contributed by atoms with Crippen molar-refractivity contribution in [3.8, 4) is 5.75 Å². The van der Waals surface area contributed by atoms with E-state index in [0.29, 0.717) is 11.7 Å². The van der Waals surface area contributed by atoms with Crippen molar-refractivity contribution in [1.29, 1.82) is 0 Å². The molecule has 1 fully saturated rings. The van der Waals surface area contributed by atoms with Crippen molar-refractivity contribution < 1.29 is 4.74 Å². The molecule has 0 amide bonds. The Hall–Kier alpha value is -1.46. The van der Waals surface area contributed by atoms with Crippen LogP contribution in [0.5, 0.6) is 5.75 Å². The van der Waals surface area contributed by atoms with Crippen LogP contribution in [-0.4, -0.2) is 63.2 Å². The molecule has 1 heterocycles. The SMILES string of the molecule is COc1cccc(NCC2CN(C)CCN2C)c1N. The Morgan fingerprint density at radius 2 is 2.16 bits per heavy atom. The van der Waals surface area contributed by atoms with Gasteiger partial charge < -0.3 is 20.7 Å². The second-order valence-electron chi connectivity index (χ2n) is 5.20. The summed E-state index contributed by atoms with van der Waals surface area (Å²) in [5, 5.41) is 3.44. The third-order valence-corrected chi connectivity index (χ3v) is 3.79. The van der Waals surface area contributed by atoms with Gasteiger partial charge in [-0.3, -0.25) is 4.90 Å². The van der Waals surface area contributed by atoms with E-state index in [1.807, 2.05) is 18.2 Å². The first-order valence-electron chi connectivity index (χ1n) is 6.67. The molecule has 5 nitrogen and oxygen atoms in total. The number of ether oxygens (including phenoxy) is 1. The number of nitrogen functional groups attached to an aromatic ring is 1. The Morgan fingerprint density at radius 1 is 1.37 bits per heavy atom. The molecule has 0 spiro atoms. The smallest absolute Gasteiger partial charge is 0.143 e. The van der Waals surface area contributed by atoms with E-state index in [2.05, 4.69) is 29.2 Å².